The molecule has 1 aromatic rings. The van der Waals surface area contributed by atoms with Crippen molar-refractivity contribution in [2.45, 2.75) is 32.2 Å². The van der Waals surface area contributed by atoms with Crippen LogP contribution in [0.25, 0.3) is 0 Å². The number of rotatable bonds is 1. The molecule has 0 aromatic carbocycles. The van der Waals surface area contributed by atoms with Crippen LogP contribution in [-0.4, -0.2) is 11.5 Å². The second-order valence-electron chi connectivity index (χ2n) is 3.31. The van der Waals surface area contributed by atoms with Gasteiger partial charge in [-0.1, -0.05) is 6.42 Å². The summed E-state index contributed by atoms with van der Waals surface area (Å²) in [6, 6.07) is 0.539. The van der Waals surface area contributed by atoms with E-state index in [-0.39, 0.29) is 0 Å². The molecule has 1 aliphatic rings. The number of aromatic nitrogens is 1. The molecule has 1 aliphatic heterocycles. The fourth-order valence-corrected chi connectivity index (χ4v) is 2.48. The highest BCUT2D eigenvalue weighted by Crippen LogP contribution is 2.25. The lowest BCUT2D eigenvalue weighted by Crippen LogP contribution is -2.26. The van der Waals surface area contributed by atoms with Crippen molar-refractivity contribution in [3.8, 4) is 0 Å². The highest BCUT2D eigenvalue weighted by molar-refractivity contribution is 7.11. The van der Waals surface area contributed by atoms with E-state index in [0.29, 0.717) is 6.04 Å². The molecule has 0 spiro atoms. The summed E-state index contributed by atoms with van der Waals surface area (Å²) in [5.41, 5.74) is 0. The zero-order valence-electron chi connectivity index (χ0n) is 7.34. The maximum Gasteiger partial charge on any atom is 0.110 e. The average molecular weight is 182 g/mol. The highest BCUT2D eigenvalue weighted by Gasteiger charge is 2.16. The Morgan fingerprint density at radius 3 is 3.08 bits per heavy atom. The zero-order chi connectivity index (χ0) is 8.39. The number of nitrogens with one attached hydrogen (secondary N) is 1. The number of thiazole rings is 1. The minimum Gasteiger partial charge on any atom is -0.308 e. The Balaban J connectivity index is 2.08. The molecule has 1 unspecified atom stereocenters. The Morgan fingerprint density at radius 2 is 2.50 bits per heavy atom. The van der Waals surface area contributed by atoms with Gasteiger partial charge < -0.3 is 5.32 Å². The fraction of sp³-hybridized carbons (Fsp3) is 0.667. The molecule has 3 heteroatoms. The molecule has 1 atom stereocenters. The Kier molecular flexibility index (Phi) is 2.42. The predicted molar refractivity (Wildman–Crippen MR) is 51.4 cm³/mol. The monoisotopic (exact) mass is 182 g/mol. The van der Waals surface area contributed by atoms with E-state index in [1.165, 1.54) is 29.1 Å². The summed E-state index contributed by atoms with van der Waals surface area (Å²) in [6.07, 6.45) is 5.89. The van der Waals surface area contributed by atoms with Crippen LogP contribution in [0.3, 0.4) is 0 Å². The Bertz CT molecular complexity index is 251. The summed E-state index contributed by atoms with van der Waals surface area (Å²) >= 11 is 1.82. The lowest BCUT2D eigenvalue weighted by atomic mass is 10.1. The van der Waals surface area contributed by atoms with Crippen molar-refractivity contribution in [2.75, 3.05) is 6.54 Å². The summed E-state index contributed by atoms with van der Waals surface area (Å²) < 4.78 is 0. The first-order valence-corrected chi connectivity index (χ1v) is 5.33. The van der Waals surface area contributed by atoms with Crippen LogP contribution in [0.4, 0.5) is 0 Å². The van der Waals surface area contributed by atoms with Crippen LogP contribution < -0.4 is 5.32 Å². The van der Waals surface area contributed by atoms with Crippen molar-refractivity contribution in [1.82, 2.24) is 10.3 Å². The van der Waals surface area contributed by atoms with Gasteiger partial charge in [0.05, 0.1) is 6.04 Å². The van der Waals surface area contributed by atoms with E-state index in [2.05, 4.69) is 17.2 Å². The third-order valence-corrected chi connectivity index (χ3v) is 3.27. The summed E-state index contributed by atoms with van der Waals surface area (Å²) in [5, 5.41) is 4.77. The molecule has 1 aromatic heterocycles. The van der Waals surface area contributed by atoms with Crippen LogP contribution >= 0.6 is 11.3 Å². The molecule has 0 amide bonds. The van der Waals surface area contributed by atoms with Crippen LogP contribution in [0.5, 0.6) is 0 Å². The smallest absolute Gasteiger partial charge is 0.110 e. The largest absolute Gasteiger partial charge is 0.308 e. The van der Waals surface area contributed by atoms with Gasteiger partial charge in [0.2, 0.25) is 0 Å². The minimum absolute atomic E-state index is 0.539. The van der Waals surface area contributed by atoms with E-state index in [1.54, 1.807) is 0 Å². The third-order valence-electron chi connectivity index (χ3n) is 2.25. The van der Waals surface area contributed by atoms with Gasteiger partial charge in [0.1, 0.15) is 5.01 Å². The summed E-state index contributed by atoms with van der Waals surface area (Å²) in [6.45, 7) is 3.27. The second kappa shape index (κ2) is 3.54. The van der Waals surface area contributed by atoms with E-state index in [0.717, 1.165) is 6.54 Å². The Hall–Kier alpha value is -0.410. The first kappa shape index (κ1) is 8.20. The van der Waals surface area contributed by atoms with Crippen LogP contribution in [0, 0.1) is 6.92 Å². The average Bonchev–Trinajstić information content (AvgIpc) is 2.54. The normalized spacial score (nSPS) is 24.2. The molecular formula is C9H14N2S. The van der Waals surface area contributed by atoms with Crippen LogP contribution in [0.1, 0.15) is 35.2 Å². The molecule has 2 rings (SSSR count). The van der Waals surface area contributed by atoms with Gasteiger partial charge in [-0.05, 0) is 26.3 Å². The summed E-state index contributed by atoms with van der Waals surface area (Å²) in [4.78, 5) is 5.71. The van der Waals surface area contributed by atoms with E-state index in [1.807, 2.05) is 17.5 Å². The standard InChI is InChI=1S/C9H14N2S/c1-7-6-11-9(12-7)8-4-2-3-5-10-8/h6,8,10H,2-5H2,1H3. The van der Waals surface area contributed by atoms with Gasteiger partial charge in [-0.25, -0.2) is 4.98 Å². The molecule has 1 saturated heterocycles. The minimum atomic E-state index is 0.539. The molecule has 1 fully saturated rings. The summed E-state index contributed by atoms with van der Waals surface area (Å²) in [7, 11) is 0. The zero-order valence-corrected chi connectivity index (χ0v) is 8.16. The quantitative estimate of drug-likeness (QED) is 0.720. The molecule has 12 heavy (non-hydrogen) atoms. The second-order valence-corrected chi connectivity index (χ2v) is 4.58. The van der Waals surface area contributed by atoms with Crippen molar-refractivity contribution in [2.24, 2.45) is 0 Å². The van der Waals surface area contributed by atoms with Crippen molar-refractivity contribution in [3.05, 3.63) is 16.1 Å². The maximum atomic E-state index is 4.40. The van der Waals surface area contributed by atoms with Crippen LogP contribution in [-0.2, 0) is 0 Å². The van der Waals surface area contributed by atoms with E-state index in [4.69, 9.17) is 0 Å². The van der Waals surface area contributed by atoms with Crippen LogP contribution in [0.15, 0.2) is 6.20 Å². The number of hydrogen-bond donors (Lipinski definition) is 1. The van der Waals surface area contributed by atoms with E-state index >= 15 is 0 Å². The van der Waals surface area contributed by atoms with Gasteiger partial charge in [0.15, 0.2) is 0 Å². The van der Waals surface area contributed by atoms with Crippen molar-refractivity contribution in [3.63, 3.8) is 0 Å². The maximum absolute atomic E-state index is 4.40. The Labute approximate surface area is 77.0 Å². The molecule has 0 aliphatic carbocycles. The molecule has 2 nitrogen and oxygen atoms in total. The molecule has 0 saturated carbocycles. The van der Waals surface area contributed by atoms with Gasteiger partial charge in [-0.15, -0.1) is 11.3 Å². The van der Waals surface area contributed by atoms with Crippen molar-refractivity contribution in [1.29, 1.82) is 0 Å². The molecule has 0 radical (unpaired) electrons. The highest BCUT2D eigenvalue weighted by atomic mass is 32.1. The molecular weight excluding hydrogens is 168 g/mol. The predicted octanol–water partition coefficient (Wildman–Crippen LogP) is 2.27. The third kappa shape index (κ3) is 1.67. The van der Waals surface area contributed by atoms with E-state index in [9.17, 15) is 0 Å². The van der Waals surface area contributed by atoms with Gasteiger partial charge in [0.25, 0.3) is 0 Å². The summed E-state index contributed by atoms with van der Waals surface area (Å²) in [5.74, 6) is 0. The molecule has 1 N–H and O–H groups in total. The first-order chi connectivity index (χ1) is 5.86. The van der Waals surface area contributed by atoms with Gasteiger partial charge in [0, 0.05) is 11.1 Å². The Morgan fingerprint density at radius 1 is 1.58 bits per heavy atom. The fourth-order valence-electron chi connectivity index (χ4n) is 1.60. The molecule has 66 valence electrons. The number of hydrogen-bond acceptors (Lipinski definition) is 3. The van der Waals surface area contributed by atoms with Crippen molar-refractivity contribution >= 4 is 11.3 Å². The molecule has 0 bridgehead atoms. The lowest BCUT2D eigenvalue weighted by molar-refractivity contribution is 0.411. The van der Waals surface area contributed by atoms with Gasteiger partial charge in [-0.2, -0.15) is 0 Å². The first-order valence-electron chi connectivity index (χ1n) is 4.52. The van der Waals surface area contributed by atoms with Gasteiger partial charge >= 0.3 is 0 Å². The topological polar surface area (TPSA) is 24.9 Å². The van der Waals surface area contributed by atoms with E-state index < -0.39 is 0 Å². The molecule has 2 heterocycles. The van der Waals surface area contributed by atoms with Gasteiger partial charge in [-0.3, -0.25) is 0 Å². The van der Waals surface area contributed by atoms with Crippen LogP contribution in [0.2, 0.25) is 0 Å². The number of aryl methyl sites for hydroxylation is 1. The van der Waals surface area contributed by atoms with Crippen molar-refractivity contribution < 1.29 is 0 Å². The SMILES string of the molecule is Cc1cnc(C2CCCCN2)s1. The number of piperidine rings is 1. The lowest BCUT2D eigenvalue weighted by Gasteiger charge is -2.20. The number of nitrogens with zero attached hydrogens (tertiary/aromatic N) is 1.